The van der Waals surface area contributed by atoms with Crippen LogP contribution in [-0.2, 0) is 16.1 Å². The molecule has 0 unspecified atom stereocenters. The molecule has 0 spiro atoms. The van der Waals surface area contributed by atoms with Gasteiger partial charge in [-0.2, -0.15) is 0 Å². The van der Waals surface area contributed by atoms with Crippen molar-refractivity contribution < 1.29 is 19.0 Å². The first-order chi connectivity index (χ1) is 19.6. The second-order valence-corrected chi connectivity index (χ2v) is 9.37. The largest absolute Gasteiger partial charge is 0.490 e. The zero-order valence-electron chi connectivity index (χ0n) is 21.8. The number of anilines is 3. The molecule has 4 aromatic rings. The summed E-state index contributed by atoms with van der Waals surface area (Å²) in [5.74, 6) is 1.24. The van der Waals surface area contributed by atoms with E-state index in [1.807, 2.05) is 24.3 Å². The number of carbonyl (C=O) groups excluding carboxylic acids is 1. The molecule has 2 aromatic heterocycles. The number of hydrogen-bond donors (Lipinski definition) is 2. The van der Waals surface area contributed by atoms with Gasteiger partial charge >= 0.3 is 0 Å². The fraction of sp³-hybridized carbons (Fsp3) is 0.241. The molecule has 2 aromatic carbocycles. The molecule has 0 bridgehead atoms. The summed E-state index contributed by atoms with van der Waals surface area (Å²) < 4.78 is 17.3. The predicted octanol–water partition coefficient (Wildman–Crippen LogP) is 4.84. The zero-order valence-corrected chi connectivity index (χ0v) is 22.6. The molecule has 2 N–H and O–H groups in total. The summed E-state index contributed by atoms with van der Waals surface area (Å²) in [5, 5.41) is 7.26. The summed E-state index contributed by atoms with van der Waals surface area (Å²) in [6.45, 7) is 8.22. The van der Waals surface area contributed by atoms with Crippen LogP contribution in [0.2, 0.25) is 5.02 Å². The molecule has 11 heteroatoms. The molecule has 0 atom stereocenters. The van der Waals surface area contributed by atoms with Gasteiger partial charge in [-0.05, 0) is 42.5 Å². The van der Waals surface area contributed by atoms with Crippen molar-refractivity contribution in [2.45, 2.75) is 6.61 Å². The van der Waals surface area contributed by atoms with Crippen LogP contribution >= 0.6 is 11.6 Å². The number of nitrogens with one attached hydrogen (secondary N) is 2. The highest BCUT2D eigenvalue weighted by Gasteiger charge is 2.15. The fourth-order valence-electron chi connectivity index (χ4n) is 4.16. The lowest BCUT2D eigenvalue weighted by molar-refractivity contribution is -0.111. The molecule has 1 aliphatic rings. The Bertz CT molecular complexity index is 1480. The number of nitrogens with zero attached hydrogens (tertiary/aromatic N) is 4. The number of fused-ring (bicyclic) bond motifs is 1. The lowest BCUT2D eigenvalue weighted by atomic mass is 10.1. The van der Waals surface area contributed by atoms with Crippen LogP contribution in [0.5, 0.6) is 11.5 Å². The zero-order chi connectivity index (χ0) is 27.7. The van der Waals surface area contributed by atoms with E-state index in [-0.39, 0.29) is 5.91 Å². The van der Waals surface area contributed by atoms with Gasteiger partial charge in [-0.15, -0.1) is 0 Å². The van der Waals surface area contributed by atoms with Crippen LogP contribution in [-0.4, -0.2) is 65.2 Å². The first-order valence-electron chi connectivity index (χ1n) is 12.8. The van der Waals surface area contributed by atoms with Gasteiger partial charge in [-0.25, -0.2) is 9.97 Å². The predicted molar refractivity (Wildman–Crippen MR) is 154 cm³/mol. The number of rotatable bonds is 11. The molecule has 0 radical (unpaired) electrons. The number of benzene rings is 2. The van der Waals surface area contributed by atoms with Crippen LogP contribution in [0.25, 0.3) is 10.9 Å². The second kappa shape index (κ2) is 13.2. The molecule has 1 aliphatic heterocycles. The Labute approximate surface area is 237 Å². The normalized spacial score (nSPS) is 13.5. The molecule has 5 rings (SSSR count). The van der Waals surface area contributed by atoms with Crippen molar-refractivity contribution in [2.75, 3.05) is 50.1 Å². The van der Waals surface area contributed by atoms with E-state index in [1.165, 1.54) is 12.4 Å². The van der Waals surface area contributed by atoms with Crippen molar-refractivity contribution in [3.8, 4) is 11.5 Å². The Morgan fingerprint density at radius 3 is 2.73 bits per heavy atom. The van der Waals surface area contributed by atoms with E-state index in [9.17, 15) is 4.79 Å². The Morgan fingerprint density at radius 2 is 1.95 bits per heavy atom. The second-order valence-electron chi connectivity index (χ2n) is 8.96. The van der Waals surface area contributed by atoms with E-state index >= 15 is 0 Å². The molecule has 1 saturated heterocycles. The summed E-state index contributed by atoms with van der Waals surface area (Å²) in [4.78, 5) is 27.6. The fourth-order valence-corrected chi connectivity index (χ4v) is 4.40. The Hall–Kier alpha value is -4.25. The van der Waals surface area contributed by atoms with Crippen molar-refractivity contribution in [3.05, 3.63) is 84.4 Å². The minimum Gasteiger partial charge on any atom is -0.490 e. The molecule has 40 heavy (non-hydrogen) atoms. The summed E-state index contributed by atoms with van der Waals surface area (Å²) in [5.41, 5.74) is 2.65. The van der Waals surface area contributed by atoms with E-state index in [4.69, 9.17) is 25.8 Å². The molecule has 0 aliphatic carbocycles. The van der Waals surface area contributed by atoms with Gasteiger partial charge in [-0.1, -0.05) is 24.2 Å². The quantitative estimate of drug-likeness (QED) is 0.249. The van der Waals surface area contributed by atoms with Crippen LogP contribution in [0.1, 0.15) is 5.69 Å². The summed E-state index contributed by atoms with van der Waals surface area (Å²) in [6, 6.07) is 14.6. The van der Waals surface area contributed by atoms with Gasteiger partial charge < -0.3 is 24.8 Å². The van der Waals surface area contributed by atoms with Crippen molar-refractivity contribution in [1.29, 1.82) is 0 Å². The summed E-state index contributed by atoms with van der Waals surface area (Å²) in [6.07, 6.45) is 4.39. The molecule has 206 valence electrons. The number of hydrogen-bond acceptors (Lipinski definition) is 9. The molecular weight excluding hydrogens is 532 g/mol. The smallest absolute Gasteiger partial charge is 0.247 e. The Balaban J connectivity index is 1.34. The monoisotopic (exact) mass is 560 g/mol. The van der Waals surface area contributed by atoms with E-state index in [2.05, 4.69) is 37.1 Å². The molecule has 3 heterocycles. The lowest BCUT2D eigenvalue weighted by Crippen LogP contribution is -2.38. The van der Waals surface area contributed by atoms with Crippen LogP contribution in [0.15, 0.2) is 73.7 Å². The maximum Gasteiger partial charge on any atom is 0.247 e. The van der Waals surface area contributed by atoms with Gasteiger partial charge in [0.1, 0.15) is 36.9 Å². The third kappa shape index (κ3) is 7.03. The van der Waals surface area contributed by atoms with Crippen molar-refractivity contribution >= 4 is 45.6 Å². The third-order valence-electron chi connectivity index (χ3n) is 6.25. The third-order valence-corrected chi connectivity index (χ3v) is 6.54. The van der Waals surface area contributed by atoms with Crippen LogP contribution in [0, 0.1) is 0 Å². The summed E-state index contributed by atoms with van der Waals surface area (Å²) in [7, 11) is 0. The van der Waals surface area contributed by atoms with Gasteiger partial charge in [0.05, 0.1) is 35.1 Å². The first-order valence-corrected chi connectivity index (χ1v) is 13.2. The van der Waals surface area contributed by atoms with Crippen LogP contribution in [0.3, 0.4) is 0 Å². The standard InChI is InChI=1S/C29H29ClN6O4/c1-2-28(37)35-25-16-22-24(17-27(25)39-14-11-36-9-12-38-13-10-36)32-19-33-29(22)34-20-6-7-26(23(30)15-20)40-18-21-5-3-4-8-31-21/h2-8,15-17,19H,1,9-14,18H2,(H,35,37)(H,32,33,34). The van der Waals surface area contributed by atoms with Crippen molar-refractivity contribution in [2.24, 2.45) is 0 Å². The average Bonchev–Trinajstić information content (AvgIpc) is 2.98. The number of halogens is 1. The van der Waals surface area contributed by atoms with E-state index in [1.54, 1.807) is 30.5 Å². The number of amides is 1. The number of morpholine rings is 1. The molecular formula is C29H29ClN6O4. The van der Waals surface area contributed by atoms with Crippen molar-refractivity contribution in [3.63, 3.8) is 0 Å². The van der Waals surface area contributed by atoms with Crippen molar-refractivity contribution in [1.82, 2.24) is 19.9 Å². The number of aromatic nitrogens is 3. The van der Waals surface area contributed by atoms with Crippen LogP contribution < -0.4 is 20.1 Å². The topological polar surface area (TPSA) is 111 Å². The summed E-state index contributed by atoms with van der Waals surface area (Å²) >= 11 is 6.50. The highest BCUT2D eigenvalue weighted by atomic mass is 35.5. The van der Waals surface area contributed by atoms with Crippen LogP contribution in [0.4, 0.5) is 17.2 Å². The molecule has 1 fully saturated rings. The average molecular weight is 561 g/mol. The van der Waals surface area contributed by atoms with Gasteiger partial charge in [0, 0.05) is 43.0 Å². The lowest BCUT2D eigenvalue weighted by Gasteiger charge is -2.26. The van der Waals surface area contributed by atoms with E-state index in [0.29, 0.717) is 57.8 Å². The van der Waals surface area contributed by atoms with Gasteiger partial charge in [0.15, 0.2) is 0 Å². The molecule has 1 amide bonds. The molecule has 10 nitrogen and oxygen atoms in total. The Kier molecular flexibility index (Phi) is 9.02. The number of ether oxygens (including phenoxy) is 3. The van der Waals surface area contributed by atoms with Gasteiger partial charge in [-0.3, -0.25) is 14.7 Å². The molecule has 0 saturated carbocycles. The highest BCUT2D eigenvalue weighted by Crippen LogP contribution is 2.35. The van der Waals surface area contributed by atoms with E-state index < -0.39 is 0 Å². The minimum absolute atomic E-state index is 0.305. The first kappa shape index (κ1) is 27.3. The maximum atomic E-state index is 12.2. The minimum atomic E-state index is -0.350. The highest BCUT2D eigenvalue weighted by molar-refractivity contribution is 6.32. The SMILES string of the molecule is C=CC(=O)Nc1cc2c(Nc3ccc(OCc4ccccn4)c(Cl)c3)ncnc2cc1OCCN1CCOCC1. The Morgan fingerprint density at radius 1 is 1.07 bits per heavy atom. The van der Waals surface area contributed by atoms with Gasteiger partial charge in [0.25, 0.3) is 0 Å². The van der Waals surface area contributed by atoms with E-state index in [0.717, 1.165) is 38.5 Å². The number of carbonyl (C=O) groups is 1. The maximum absolute atomic E-state index is 12.2. The number of pyridine rings is 1. The van der Waals surface area contributed by atoms with Gasteiger partial charge in [0.2, 0.25) is 5.91 Å².